The van der Waals surface area contributed by atoms with Crippen LogP contribution in [0.4, 0.5) is 5.69 Å². The van der Waals surface area contributed by atoms with Gasteiger partial charge in [0.05, 0.1) is 6.04 Å². The Morgan fingerprint density at radius 2 is 1.49 bits per heavy atom. The van der Waals surface area contributed by atoms with Gasteiger partial charge in [0.15, 0.2) is 0 Å². The number of allylic oxidation sites excluding steroid dienone is 2. The molecule has 3 aliphatic rings. The molecule has 2 unspecified atom stereocenters. The van der Waals surface area contributed by atoms with Crippen molar-refractivity contribution in [2.75, 3.05) is 4.90 Å². The van der Waals surface area contributed by atoms with Crippen molar-refractivity contribution >= 4 is 44.7 Å². The Kier molecular flexibility index (Phi) is 3.47. The standard InChI is InChI=1S/C32H21NO2/c1-32-18-19(20-12-8-13-23-22-10-4-7-16-28(22)35-29(20)23)17-25-21-9-2-3-11-24(21)31(34)33(30(25)32)27-15-6-5-14-26(27)32/h2-18,30H,1H3. The minimum Gasteiger partial charge on any atom is -0.455 e. The van der Waals surface area contributed by atoms with Crippen molar-refractivity contribution in [3.63, 3.8) is 0 Å². The highest BCUT2D eigenvalue weighted by Gasteiger charge is 2.54. The number of hydrogen-bond donors (Lipinski definition) is 0. The molecule has 2 aliphatic heterocycles. The molecular formula is C32H21NO2. The van der Waals surface area contributed by atoms with Gasteiger partial charge < -0.3 is 4.42 Å². The van der Waals surface area contributed by atoms with Gasteiger partial charge in [0.1, 0.15) is 11.2 Å². The predicted molar refractivity (Wildman–Crippen MR) is 141 cm³/mol. The fraction of sp³-hybridized carbons (Fsp3) is 0.0938. The minimum absolute atomic E-state index is 0.0686. The first-order valence-electron chi connectivity index (χ1n) is 12.0. The van der Waals surface area contributed by atoms with E-state index in [1.165, 1.54) is 11.1 Å². The number of amides is 1. The second-order valence-electron chi connectivity index (χ2n) is 9.90. The van der Waals surface area contributed by atoms with E-state index >= 15 is 0 Å². The van der Waals surface area contributed by atoms with Gasteiger partial charge in [0, 0.05) is 33.0 Å². The van der Waals surface area contributed by atoms with Crippen LogP contribution >= 0.6 is 0 Å². The van der Waals surface area contributed by atoms with Gasteiger partial charge in [-0.1, -0.05) is 78.9 Å². The van der Waals surface area contributed by atoms with Gasteiger partial charge in [-0.05, 0) is 53.5 Å². The molecule has 8 rings (SSSR count). The number of carbonyl (C=O) groups is 1. The summed E-state index contributed by atoms with van der Waals surface area (Å²) in [5.74, 6) is 0.0789. The van der Waals surface area contributed by atoms with Crippen LogP contribution in [0.5, 0.6) is 0 Å². The van der Waals surface area contributed by atoms with E-state index in [0.717, 1.165) is 49.9 Å². The van der Waals surface area contributed by atoms with E-state index in [1.54, 1.807) is 0 Å². The average Bonchev–Trinajstić information content (AvgIpc) is 3.40. The number of benzene rings is 4. The van der Waals surface area contributed by atoms with Crippen LogP contribution in [0.15, 0.2) is 108 Å². The largest absolute Gasteiger partial charge is 0.455 e. The predicted octanol–water partition coefficient (Wildman–Crippen LogP) is 7.37. The Labute approximate surface area is 202 Å². The van der Waals surface area contributed by atoms with Crippen molar-refractivity contribution in [2.24, 2.45) is 0 Å². The van der Waals surface area contributed by atoms with Crippen LogP contribution in [0.2, 0.25) is 0 Å². The Balaban J connectivity index is 1.46. The molecule has 166 valence electrons. The maximum Gasteiger partial charge on any atom is 0.259 e. The number of carbonyl (C=O) groups excluding carboxylic acids is 1. The maximum atomic E-state index is 13.7. The highest BCUT2D eigenvalue weighted by Crippen LogP contribution is 2.57. The van der Waals surface area contributed by atoms with Crippen LogP contribution in [0, 0.1) is 0 Å². The number of rotatable bonds is 1. The van der Waals surface area contributed by atoms with E-state index in [0.29, 0.717) is 0 Å². The summed E-state index contributed by atoms with van der Waals surface area (Å²) in [6.45, 7) is 2.27. The summed E-state index contributed by atoms with van der Waals surface area (Å²) in [5.41, 5.74) is 8.82. The molecule has 35 heavy (non-hydrogen) atoms. The quantitative estimate of drug-likeness (QED) is 0.267. The van der Waals surface area contributed by atoms with Gasteiger partial charge in [-0.3, -0.25) is 9.69 Å². The first-order valence-corrected chi connectivity index (χ1v) is 12.0. The summed E-state index contributed by atoms with van der Waals surface area (Å²) in [4.78, 5) is 15.7. The van der Waals surface area contributed by atoms with Gasteiger partial charge in [0.2, 0.25) is 0 Å². The van der Waals surface area contributed by atoms with Gasteiger partial charge >= 0.3 is 0 Å². The summed E-state index contributed by atoms with van der Waals surface area (Å²) in [5, 5.41) is 2.25. The molecule has 5 aromatic rings. The molecule has 0 saturated carbocycles. The number of para-hydroxylation sites is 3. The third kappa shape index (κ3) is 2.28. The minimum atomic E-state index is -0.354. The Hall–Kier alpha value is -4.37. The van der Waals surface area contributed by atoms with E-state index in [1.807, 2.05) is 41.3 Å². The lowest BCUT2D eigenvalue weighted by molar-refractivity contribution is 0.0976. The summed E-state index contributed by atoms with van der Waals surface area (Å²) in [6.07, 6.45) is 4.63. The fourth-order valence-electron chi connectivity index (χ4n) is 6.56. The van der Waals surface area contributed by atoms with Crippen LogP contribution in [0.25, 0.3) is 33.1 Å². The zero-order chi connectivity index (χ0) is 23.3. The van der Waals surface area contributed by atoms with Crippen LogP contribution < -0.4 is 4.90 Å². The van der Waals surface area contributed by atoms with Crippen LogP contribution in [-0.4, -0.2) is 11.9 Å². The van der Waals surface area contributed by atoms with Crippen molar-refractivity contribution < 1.29 is 9.21 Å². The SMILES string of the molecule is CC12C=C(c3cccc4c3oc3ccccc34)C=C3c4ccccc4C(=O)N(c4ccccc41)C32. The maximum absolute atomic E-state index is 13.7. The molecule has 1 aromatic heterocycles. The van der Waals surface area contributed by atoms with Crippen molar-refractivity contribution in [2.45, 2.75) is 18.4 Å². The highest BCUT2D eigenvalue weighted by molar-refractivity contribution is 6.18. The molecule has 0 spiro atoms. The molecule has 1 aliphatic carbocycles. The molecule has 3 nitrogen and oxygen atoms in total. The topological polar surface area (TPSA) is 33.5 Å². The van der Waals surface area contributed by atoms with E-state index in [4.69, 9.17) is 4.42 Å². The molecule has 0 saturated heterocycles. The second kappa shape index (κ2) is 6.39. The lowest BCUT2D eigenvalue weighted by Crippen LogP contribution is -2.50. The number of hydrogen-bond acceptors (Lipinski definition) is 2. The molecule has 0 fully saturated rings. The Morgan fingerprint density at radius 1 is 0.771 bits per heavy atom. The first-order chi connectivity index (χ1) is 17.1. The van der Waals surface area contributed by atoms with Gasteiger partial charge in [0.25, 0.3) is 5.91 Å². The van der Waals surface area contributed by atoms with Crippen molar-refractivity contribution in [3.05, 3.63) is 125 Å². The van der Waals surface area contributed by atoms with Crippen molar-refractivity contribution in [1.82, 2.24) is 0 Å². The lowest BCUT2D eigenvalue weighted by atomic mass is 9.67. The fourth-order valence-corrected chi connectivity index (χ4v) is 6.56. The summed E-state index contributed by atoms with van der Waals surface area (Å²) in [7, 11) is 0. The second-order valence-corrected chi connectivity index (χ2v) is 9.90. The summed E-state index contributed by atoms with van der Waals surface area (Å²) < 4.78 is 6.41. The summed E-state index contributed by atoms with van der Waals surface area (Å²) >= 11 is 0. The third-order valence-corrected chi connectivity index (χ3v) is 8.03. The molecule has 2 atom stereocenters. The molecule has 4 aromatic carbocycles. The lowest BCUT2D eigenvalue weighted by Gasteiger charge is -2.42. The Morgan fingerprint density at radius 3 is 2.40 bits per heavy atom. The molecule has 3 heterocycles. The van der Waals surface area contributed by atoms with Gasteiger partial charge in [-0.2, -0.15) is 0 Å². The monoisotopic (exact) mass is 451 g/mol. The number of fused-ring (bicyclic) bond motifs is 8. The van der Waals surface area contributed by atoms with E-state index in [2.05, 4.69) is 73.7 Å². The van der Waals surface area contributed by atoms with Crippen LogP contribution in [-0.2, 0) is 5.41 Å². The highest BCUT2D eigenvalue weighted by atomic mass is 16.3. The normalized spacial score (nSPS) is 22.0. The smallest absolute Gasteiger partial charge is 0.259 e. The van der Waals surface area contributed by atoms with Gasteiger partial charge in [-0.25, -0.2) is 0 Å². The molecule has 0 N–H and O–H groups in total. The van der Waals surface area contributed by atoms with E-state index < -0.39 is 0 Å². The van der Waals surface area contributed by atoms with E-state index in [-0.39, 0.29) is 17.4 Å². The van der Waals surface area contributed by atoms with Gasteiger partial charge in [-0.15, -0.1) is 0 Å². The number of nitrogens with zero attached hydrogens (tertiary/aromatic N) is 1. The van der Waals surface area contributed by atoms with Crippen LogP contribution in [0.3, 0.4) is 0 Å². The average molecular weight is 452 g/mol. The molecule has 0 radical (unpaired) electrons. The van der Waals surface area contributed by atoms with E-state index in [9.17, 15) is 4.79 Å². The van der Waals surface area contributed by atoms with Crippen molar-refractivity contribution in [1.29, 1.82) is 0 Å². The number of anilines is 1. The zero-order valence-electron chi connectivity index (χ0n) is 19.2. The Bertz CT molecular complexity index is 1800. The molecular weight excluding hydrogens is 430 g/mol. The molecule has 1 amide bonds. The van der Waals surface area contributed by atoms with Crippen molar-refractivity contribution in [3.8, 4) is 0 Å². The number of furan rings is 1. The third-order valence-electron chi connectivity index (χ3n) is 8.03. The van der Waals surface area contributed by atoms with Crippen LogP contribution in [0.1, 0.15) is 34.0 Å². The first kappa shape index (κ1) is 19.0. The summed E-state index contributed by atoms with van der Waals surface area (Å²) in [6, 6.07) is 30.9. The zero-order valence-corrected chi connectivity index (χ0v) is 19.2. The molecule has 3 heteroatoms. The molecule has 0 bridgehead atoms.